The van der Waals surface area contributed by atoms with Crippen LogP contribution < -0.4 is 0 Å². The van der Waals surface area contributed by atoms with E-state index in [1.807, 2.05) is 30.1 Å². The van der Waals surface area contributed by atoms with Gasteiger partial charge in [0.2, 0.25) is 0 Å². The highest BCUT2D eigenvalue weighted by molar-refractivity contribution is 7.98. The number of thioether (sulfide) groups is 1. The van der Waals surface area contributed by atoms with Gasteiger partial charge in [-0.2, -0.15) is 11.8 Å². The van der Waals surface area contributed by atoms with Gasteiger partial charge in [0.05, 0.1) is 5.52 Å². The number of hydrogen-bond donors (Lipinski definition) is 1. The number of benzene rings is 2. The second-order valence-corrected chi connectivity index (χ2v) is 8.01. The summed E-state index contributed by atoms with van der Waals surface area (Å²) in [6.45, 7) is 3.29. The average molecular weight is 377 g/mol. The highest BCUT2D eigenvalue weighted by Crippen LogP contribution is 2.25. The average Bonchev–Trinajstić information content (AvgIpc) is 3.15. The van der Waals surface area contributed by atoms with E-state index in [0.717, 1.165) is 54.9 Å². The first-order chi connectivity index (χ1) is 13.3. The van der Waals surface area contributed by atoms with Gasteiger partial charge >= 0.3 is 0 Å². The molecule has 1 aromatic heterocycles. The van der Waals surface area contributed by atoms with Crippen LogP contribution in [0.3, 0.4) is 0 Å². The summed E-state index contributed by atoms with van der Waals surface area (Å²) in [5.41, 5.74) is 5.81. The summed E-state index contributed by atoms with van der Waals surface area (Å²) < 4.78 is 0. The number of carbonyl (C=O) groups excluding carboxylic acids is 1. The normalized spacial score (nSPS) is 15.0. The van der Waals surface area contributed by atoms with Crippen LogP contribution in [0.2, 0.25) is 0 Å². The molecule has 0 saturated heterocycles. The fourth-order valence-corrected chi connectivity index (χ4v) is 4.65. The van der Waals surface area contributed by atoms with Crippen molar-refractivity contribution in [3.05, 3.63) is 77.5 Å². The van der Waals surface area contributed by atoms with Crippen LogP contribution in [0.25, 0.3) is 16.5 Å². The molecule has 1 N–H and O–H groups in total. The Hall–Kier alpha value is -2.30. The van der Waals surface area contributed by atoms with Gasteiger partial charge < -0.3 is 4.98 Å². The highest BCUT2D eigenvalue weighted by atomic mass is 32.2. The van der Waals surface area contributed by atoms with Gasteiger partial charge in [-0.1, -0.05) is 48.5 Å². The van der Waals surface area contributed by atoms with Crippen LogP contribution in [0.15, 0.2) is 60.8 Å². The fraction of sp³-hybridized carbons (Fsp3) is 0.261. The number of fused-ring (bicyclic) bond motifs is 1. The van der Waals surface area contributed by atoms with E-state index in [0.29, 0.717) is 0 Å². The van der Waals surface area contributed by atoms with Gasteiger partial charge in [0.1, 0.15) is 0 Å². The molecule has 4 rings (SSSR count). The molecule has 2 aromatic carbocycles. The van der Waals surface area contributed by atoms with Gasteiger partial charge in [0.15, 0.2) is 6.29 Å². The summed E-state index contributed by atoms with van der Waals surface area (Å²) in [5, 5.41) is 1.17. The van der Waals surface area contributed by atoms with Gasteiger partial charge in [0.25, 0.3) is 0 Å². The first-order valence-electron chi connectivity index (χ1n) is 9.44. The molecule has 0 radical (unpaired) electrons. The molecule has 0 spiro atoms. The smallest absolute Gasteiger partial charge is 0.152 e. The molecule has 0 aliphatic carbocycles. The number of aromatic amines is 1. The Morgan fingerprint density at radius 3 is 2.78 bits per heavy atom. The number of rotatable bonds is 7. The molecule has 2 heterocycles. The number of nitrogens with zero attached hydrogens (tertiary/aromatic N) is 1. The van der Waals surface area contributed by atoms with Crippen LogP contribution in [0.4, 0.5) is 0 Å². The maximum Gasteiger partial charge on any atom is 0.152 e. The first kappa shape index (κ1) is 18.1. The lowest BCUT2D eigenvalue weighted by Crippen LogP contribution is -2.30. The van der Waals surface area contributed by atoms with Gasteiger partial charge in [-0.3, -0.25) is 9.69 Å². The molecular formula is C23H24N2OS. The third-order valence-electron chi connectivity index (χ3n) is 5.21. The zero-order valence-electron chi connectivity index (χ0n) is 15.4. The Morgan fingerprint density at radius 2 is 2.00 bits per heavy atom. The minimum atomic E-state index is 0.734. The molecule has 0 fully saturated rings. The number of para-hydroxylation sites is 1. The summed E-state index contributed by atoms with van der Waals surface area (Å²) in [4.78, 5) is 16.9. The summed E-state index contributed by atoms with van der Waals surface area (Å²) in [7, 11) is 0. The van der Waals surface area contributed by atoms with Crippen molar-refractivity contribution in [2.75, 3.05) is 25.4 Å². The van der Waals surface area contributed by atoms with Crippen LogP contribution in [0.1, 0.15) is 27.9 Å². The minimum Gasteiger partial charge on any atom is -0.360 e. The van der Waals surface area contributed by atoms with Crippen molar-refractivity contribution in [3.63, 3.8) is 0 Å². The third-order valence-corrected chi connectivity index (χ3v) is 6.19. The van der Waals surface area contributed by atoms with E-state index in [1.165, 1.54) is 22.1 Å². The number of hydrogen-bond acceptors (Lipinski definition) is 3. The lowest BCUT2D eigenvalue weighted by molar-refractivity contribution is 0.112. The van der Waals surface area contributed by atoms with Crippen molar-refractivity contribution in [3.8, 4) is 0 Å². The summed E-state index contributed by atoms with van der Waals surface area (Å²) in [5.74, 6) is 2.09. The number of aldehydes is 1. The molecule has 1 aliphatic rings. The van der Waals surface area contributed by atoms with Gasteiger partial charge in [-0.25, -0.2) is 0 Å². The van der Waals surface area contributed by atoms with Crippen LogP contribution in [0.5, 0.6) is 0 Å². The summed E-state index contributed by atoms with van der Waals surface area (Å²) in [6, 6.07) is 16.6. The van der Waals surface area contributed by atoms with Crippen LogP contribution >= 0.6 is 11.8 Å². The fourth-order valence-electron chi connectivity index (χ4n) is 3.66. The molecule has 0 unspecified atom stereocenters. The number of H-pyrrole nitrogens is 1. The van der Waals surface area contributed by atoms with E-state index in [4.69, 9.17) is 0 Å². The third kappa shape index (κ3) is 4.18. The minimum absolute atomic E-state index is 0.734. The van der Waals surface area contributed by atoms with Crippen molar-refractivity contribution in [1.82, 2.24) is 9.88 Å². The van der Waals surface area contributed by atoms with Crippen molar-refractivity contribution in [2.24, 2.45) is 0 Å². The molecule has 4 heteroatoms. The molecular weight excluding hydrogens is 352 g/mol. The lowest BCUT2D eigenvalue weighted by Gasteiger charge is -2.26. The van der Waals surface area contributed by atoms with Crippen molar-refractivity contribution < 1.29 is 4.79 Å². The van der Waals surface area contributed by atoms with Crippen LogP contribution in [-0.2, 0) is 5.75 Å². The van der Waals surface area contributed by atoms with E-state index in [9.17, 15) is 4.79 Å². The molecule has 0 amide bonds. The standard InChI is InChI=1S/C23H24N2OS/c26-16-20-7-4-8-22-21(15-24-23(20)22)17-27-14-13-25-11-9-19(10-12-25)18-5-2-1-3-6-18/h1-9,15-16,24H,10-14,17H2. The van der Waals surface area contributed by atoms with E-state index in [2.05, 4.69) is 52.4 Å². The van der Waals surface area contributed by atoms with Crippen LogP contribution in [-0.4, -0.2) is 41.6 Å². The van der Waals surface area contributed by atoms with Gasteiger partial charge in [0, 0.05) is 48.3 Å². The maximum absolute atomic E-state index is 11.1. The number of aromatic nitrogens is 1. The molecule has 1 aliphatic heterocycles. The largest absolute Gasteiger partial charge is 0.360 e. The second kappa shape index (κ2) is 8.59. The molecule has 0 bridgehead atoms. The quantitative estimate of drug-likeness (QED) is 0.465. The summed E-state index contributed by atoms with van der Waals surface area (Å²) >= 11 is 1.96. The summed E-state index contributed by atoms with van der Waals surface area (Å²) in [6.07, 6.45) is 6.47. The monoisotopic (exact) mass is 376 g/mol. The van der Waals surface area contributed by atoms with E-state index < -0.39 is 0 Å². The topological polar surface area (TPSA) is 36.1 Å². The SMILES string of the molecule is O=Cc1cccc2c(CSCCN3CC=C(c4ccccc4)CC3)c[nH]c12. The molecule has 0 saturated carbocycles. The first-order valence-corrected chi connectivity index (χ1v) is 10.6. The highest BCUT2D eigenvalue weighted by Gasteiger charge is 2.13. The molecule has 3 aromatic rings. The molecule has 138 valence electrons. The number of nitrogens with one attached hydrogen (secondary N) is 1. The second-order valence-electron chi connectivity index (χ2n) is 6.90. The van der Waals surface area contributed by atoms with Crippen LogP contribution in [0, 0.1) is 0 Å². The Morgan fingerprint density at radius 1 is 1.11 bits per heavy atom. The Labute approximate surface area is 164 Å². The Balaban J connectivity index is 1.27. The zero-order valence-corrected chi connectivity index (χ0v) is 16.2. The molecule has 3 nitrogen and oxygen atoms in total. The van der Waals surface area contributed by atoms with E-state index >= 15 is 0 Å². The van der Waals surface area contributed by atoms with Gasteiger partial charge in [-0.15, -0.1) is 0 Å². The van der Waals surface area contributed by atoms with Gasteiger partial charge in [-0.05, 0) is 29.2 Å². The Kier molecular flexibility index (Phi) is 5.75. The lowest BCUT2D eigenvalue weighted by atomic mass is 10.00. The van der Waals surface area contributed by atoms with Crippen molar-refractivity contribution in [1.29, 1.82) is 0 Å². The molecule has 0 atom stereocenters. The van der Waals surface area contributed by atoms with E-state index in [-0.39, 0.29) is 0 Å². The van der Waals surface area contributed by atoms with Crippen molar-refractivity contribution in [2.45, 2.75) is 12.2 Å². The Bertz CT molecular complexity index is 945. The molecule has 27 heavy (non-hydrogen) atoms. The van der Waals surface area contributed by atoms with Crippen molar-refractivity contribution >= 4 is 34.5 Å². The zero-order chi connectivity index (χ0) is 18.5. The predicted molar refractivity (Wildman–Crippen MR) is 115 cm³/mol. The maximum atomic E-state index is 11.1. The number of carbonyl (C=O) groups is 1. The predicted octanol–water partition coefficient (Wildman–Crippen LogP) is 5.00. The van der Waals surface area contributed by atoms with E-state index in [1.54, 1.807) is 0 Å².